The van der Waals surface area contributed by atoms with Crippen molar-refractivity contribution in [3.05, 3.63) is 58.7 Å². The Morgan fingerprint density at radius 3 is 2.05 bits per heavy atom. The van der Waals surface area contributed by atoms with Crippen molar-refractivity contribution in [1.82, 2.24) is 0 Å². The number of benzene rings is 3. The molecule has 5 heteroatoms. The van der Waals surface area contributed by atoms with E-state index in [0.29, 0.717) is 5.39 Å². The third kappa shape index (κ3) is 1.62. The van der Waals surface area contributed by atoms with Gasteiger partial charge in [0.2, 0.25) is 0 Å². The van der Waals surface area contributed by atoms with Gasteiger partial charge in [-0.15, -0.1) is 0 Å². The van der Waals surface area contributed by atoms with Gasteiger partial charge >= 0.3 is 0 Å². The smallest absolute Gasteiger partial charge is 0.150 e. The SMILES string of the molecule is N#Cc1c(C#N)c(F)c2c(ccc3cccc(F)c32)c1C#N. The van der Waals surface area contributed by atoms with Crippen LogP contribution < -0.4 is 0 Å². The highest BCUT2D eigenvalue weighted by Crippen LogP contribution is 2.35. The van der Waals surface area contributed by atoms with Gasteiger partial charge in [0.25, 0.3) is 0 Å². The fourth-order valence-electron chi connectivity index (χ4n) is 2.60. The molecular formula is C17H5F2N3. The third-order valence-corrected chi connectivity index (χ3v) is 3.54. The summed E-state index contributed by atoms with van der Waals surface area (Å²) in [5.41, 5.74) is -0.992. The average molecular weight is 289 g/mol. The molecule has 0 aromatic heterocycles. The molecule has 0 saturated carbocycles. The summed E-state index contributed by atoms with van der Waals surface area (Å²) in [7, 11) is 0. The fourth-order valence-corrected chi connectivity index (χ4v) is 2.60. The van der Waals surface area contributed by atoms with Crippen LogP contribution in [0.5, 0.6) is 0 Å². The molecule has 0 amide bonds. The number of hydrogen-bond donors (Lipinski definition) is 0. The summed E-state index contributed by atoms with van der Waals surface area (Å²) < 4.78 is 28.8. The van der Waals surface area contributed by atoms with E-state index in [9.17, 15) is 14.0 Å². The Labute approximate surface area is 123 Å². The summed E-state index contributed by atoms with van der Waals surface area (Å²) >= 11 is 0. The molecule has 0 atom stereocenters. The minimum Gasteiger partial charge on any atom is -0.206 e. The van der Waals surface area contributed by atoms with E-state index in [0.717, 1.165) is 0 Å². The number of fused-ring (bicyclic) bond motifs is 3. The van der Waals surface area contributed by atoms with Crippen LogP contribution >= 0.6 is 0 Å². The lowest BCUT2D eigenvalue weighted by atomic mass is 9.91. The molecule has 0 bridgehead atoms. The Hall–Kier alpha value is -3.49. The zero-order valence-electron chi connectivity index (χ0n) is 11.0. The summed E-state index contributed by atoms with van der Waals surface area (Å²) in [6.45, 7) is 0. The van der Waals surface area contributed by atoms with E-state index in [1.807, 2.05) is 6.07 Å². The van der Waals surface area contributed by atoms with Crippen molar-refractivity contribution < 1.29 is 8.78 Å². The molecule has 3 nitrogen and oxygen atoms in total. The molecule has 0 aliphatic carbocycles. The van der Waals surface area contributed by atoms with Gasteiger partial charge in [-0.1, -0.05) is 24.3 Å². The lowest BCUT2D eigenvalue weighted by Crippen LogP contribution is -1.99. The van der Waals surface area contributed by atoms with Crippen LogP contribution in [0.1, 0.15) is 16.7 Å². The monoisotopic (exact) mass is 289 g/mol. The van der Waals surface area contributed by atoms with E-state index in [4.69, 9.17) is 10.5 Å². The first kappa shape index (κ1) is 13.5. The van der Waals surface area contributed by atoms with E-state index in [1.54, 1.807) is 24.3 Å². The lowest BCUT2D eigenvalue weighted by molar-refractivity contribution is 0.629. The van der Waals surface area contributed by atoms with Crippen LogP contribution in [0.15, 0.2) is 30.3 Å². The highest BCUT2D eigenvalue weighted by Gasteiger charge is 2.22. The van der Waals surface area contributed by atoms with Crippen molar-refractivity contribution in [2.45, 2.75) is 0 Å². The standard InChI is InChI=1S/C17H5F2N3/c18-14-3-1-2-9-4-5-10-11(6-20)12(7-21)13(8-22)17(19)16(10)15(9)14/h1-5H. The van der Waals surface area contributed by atoms with Crippen molar-refractivity contribution >= 4 is 21.5 Å². The van der Waals surface area contributed by atoms with Gasteiger partial charge < -0.3 is 0 Å². The minimum absolute atomic E-state index is 0.00464. The molecule has 0 aliphatic heterocycles. The van der Waals surface area contributed by atoms with Crippen molar-refractivity contribution in [3.8, 4) is 18.2 Å². The van der Waals surface area contributed by atoms with Crippen molar-refractivity contribution in [2.24, 2.45) is 0 Å². The molecule has 0 heterocycles. The van der Waals surface area contributed by atoms with Crippen molar-refractivity contribution in [2.75, 3.05) is 0 Å². The molecule has 0 saturated heterocycles. The summed E-state index contributed by atoms with van der Waals surface area (Å²) in [6, 6.07) is 12.4. The second kappa shape index (κ2) is 4.81. The normalized spacial score (nSPS) is 10.1. The first-order valence-electron chi connectivity index (χ1n) is 6.20. The van der Waals surface area contributed by atoms with Crippen LogP contribution in [0, 0.1) is 45.6 Å². The summed E-state index contributed by atoms with van der Waals surface area (Å²) in [6.07, 6.45) is 0. The molecule has 22 heavy (non-hydrogen) atoms. The van der Waals surface area contributed by atoms with E-state index in [-0.39, 0.29) is 27.3 Å². The van der Waals surface area contributed by atoms with Crippen LogP contribution in [0.4, 0.5) is 8.78 Å². The fraction of sp³-hybridized carbons (Fsp3) is 0. The van der Waals surface area contributed by atoms with Crippen LogP contribution in [-0.2, 0) is 0 Å². The number of rotatable bonds is 0. The van der Waals surface area contributed by atoms with Crippen LogP contribution in [0.3, 0.4) is 0 Å². The quantitative estimate of drug-likeness (QED) is 0.589. The van der Waals surface area contributed by atoms with Gasteiger partial charge in [0, 0.05) is 16.2 Å². The first-order valence-corrected chi connectivity index (χ1v) is 6.20. The third-order valence-electron chi connectivity index (χ3n) is 3.54. The lowest BCUT2D eigenvalue weighted by Gasteiger charge is -2.10. The summed E-state index contributed by atoms with van der Waals surface area (Å²) in [4.78, 5) is 0. The zero-order valence-corrected chi connectivity index (χ0v) is 11.0. The minimum atomic E-state index is -0.983. The number of hydrogen-bond acceptors (Lipinski definition) is 3. The van der Waals surface area contributed by atoms with Gasteiger partial charge in [0.05, 0.1) is 11.1 Å². The Kier molecular flexibility index (Phi) is 2.95. The second-order valence-corrected chi connectivity index (χ2v) is 4.60. The van der Waals surface area contributed by atoms with E-state index in [2.05, 4.69) is 0 Å². The van der Waals surface area contributed by atoms with Crippen molar-refractivity contribution in [3.63, 3.8) is 0 Å². The predicted molar refractivity (Wildman–Crippen MR) is 75.5 cm³/mol. The van der Waals surface area contributed by atoms with Gasteiger partial charge in [-0.3, -0.25) is 0 Å². The van der Waals surface area contributed by atoms with Gasteiger partial charge in [0.15, 0.2) is 5.82 Å². The van der Waals surface area contributed by atoms with E-state index in [1.165, 1.54) is 18.2 Å². The Balaban J connectivity index is 2.76. The number of nitriles is 3. The average Bonchev–Trinajstić information content (AvgIpc) is 2.54. The van der Waals surface area contributed by atoms with Gasteiger partial charge in [-0.2, -0.15) is 15.8 Å². The van der Waals surface area contributed by atoms with Gasteiger partial charge in [-0.25, -0.2) is 8.78 Å². The topological polar surface area (TPSA) is 71.4 Å². The predicted octanol–water partition coefficient (Wildman–Crippen LogP) is 3.89. The Morgan fingerprint density at radius 1 is 0.727 bits per heavy atom. The molecule has 3 rings (SSSR count). The zero-order chi connectivity index (χ0) is 15.9. The second-order valence-electron chi connectivity index (χ2n) is 4.60. The summed E-state index contributed by atoms with van der Waals surface area (Å²) in [5, 5.41) is 27.9. The molecule has 0 N–H and O–H groups in total. The molecule has 3 aromatic carbocycles. The van der Waals surface area contributed by atoms with Crippen molar-refractivity contribution in [1.29, 1.82) is 15.8 Å². The van der Waals surface area contributed by atoms with Gasteiger partial charge in [-0.05, 0) is 11.5 Å². The van der Waals surface area contributed by atoms with Crippen LogP contribution in [0.25, 0.3) is 21.5 Å². The molecule has 0 spiro atoms. The maximum Gasteiger partial charge on any atom is 0.150 e. The summed E-state index contributed by atoms with van der Waals surface area (Å²) in [5.74, 6) is -1.64. The van der Waals surface area contributed by atoms with E-state index < -0.39 is 17.2 Å². The van der Waals surface area contributed by atoms with Crippen LogP contribution in [-0.4, -0.2) is 0 Å². The van der Waals surface area contributed by atoms with Crippen LogP contribution in [0.2, 0.25) is 0 Å². The molecule has 3 aromatic rings. The molecule has 102 valence electrons. The largest absolute Gasteiger partial charge is 0.206 e. The molecular weight excluding hydrogens is 284 g/mol. The molecule has 0 radical (unpaired) electrons. The highest BCUT2D eigenvalue weighted by atomic mass is 19.1. The number of nitrogens with zero attached hydrogens (tertiary/aromatic N) is 3. The molecule has 0 unspecified atom stereocenters. The maximum absolute atomic E-state index is 14.7. The Morgan fingerprint density at radius 2 is 1.41 bits per heavy atom. The maximum atomic E-state index is 14.7. The molecule has 0 aliphatic rings. The number of halogens is 2. The Bertz CT molecular complexity index is 1080. The van der Waals surface area contributed by atoms with E-state index >= 15 is 0 Å². The molecule has 0 fully saturated rings. The first-order chi connectivity index (χ1) is 10.6. The highest BCUT2D eigenvalue weighted by molar-refractivity contribution is 6.11. The van der Waals surface area contributed by atoms with Gasteiger partial charge in [0.1, 0.15) is 29.6 Å².